The van der Waals surface area contributed by atoms with Gasteiger partial charge in [-0.2, -0.15) is 0 Å². The second-order valence-corrected chi connectivity index (χ2v) is 14.4. The van der Waals surface area contributed by atoms with Gasteiger partial charge in [-0.05, 0) is 43.3 Å². The van der Waals surface area contributed by atoms with E-state index in [4.69, 9.17) is 9.47 Å². The second kappa shape index (κ2) is 9.44. The van der Waals surface area contributed by atoms with Crippen LogP contribution in [0.1, 0.15) is 24.5 Å². The Kier molecular flexibility index (Phi) is 6.52. The first-order chi connectivity index (χ1) is 18.0. The van der Waals surface area contributed by atoms with Gasteiger partial charge in [0.15, 0.2) is 5.60 Å². The molecular formula is C26H30FN3O7Si. The molecule has 3 aliphatic rings. The van der Waals surface area contributed by atoms with Crippen molar-refractivity contribution >= 4 is 37.5 Å². The number of ether oxygens (including phenoxy) is 2. The molecule has 3 heterocycles. The zero-order chi connectivity index (χ0) is 27.4. The van der Waals surface area contributed by atoms with Crippen LogP contribution in [0.3, 0.4) is 0 Å². The van der Waals surface area contributed by atoms with E-state index in [1.54, 1.807) is 44.3 Å². The van der Waals surface area contributed by atoms with Crippen molar-refractivity contribution in [2.24, 2.45) is 5.92 Å². The van der Waals surface area contributed by atoms with Crippen LogP contribution in [0.2, 0.25) is 18.6 Å². The maximum absolute atomic E-state index is 15.6. The number of non-ortho nitro benzene ring substituents is 1. The molecule has 0 unspecified atom stereocenters. The summed E-state index contributed by atoms with van der Waals surface area (Å²) in [4.78, 5) is 40.3. The molecule has 0 aromatic heterocycles. The van der Waals surface area contributed by atoms with Crippen molar-refractivity contribution in [2.75, 3.05) is 29.6 Å². The van der Waals surface area contributed by atoms with Crippen LogP contribution in [0.15, 0.2) is 42.5 Å². The molecule has 3 aliphatic heterocycles. The number of cyclic esters (lactones) is 1. The fraction of sp³-hybridized carbons (Fsp3) is 0.462. The number of amides is 2. The highest BCUT2D eigenvalue weighted by Crippen LogP contribution is 2.60. The molecule has 10 nitrogen and oxygen atoms in total. The number of anilines is 2. The highest BCUT2D eigenvalue weighted by Gasteiger charge is 2.66. The number of carbonyl (C=O) groups is 2. The first-order valence-electron chi connectivity index (χ1n) is 12.6. The number of benzene rings is 2. The summed E-state index contributed by atoms with van der Waals surface area (Å²) >= 11 is 0. The number of aliphatic hydroxyl groups is 1. The Labute approximate surface area is 220 Å². The zero-order valence-electron chi connectivity index (χ0n) is 21.4. The summed E-state index contributed by atoms with van der Waals surface area (Å²) < 4.78 is 27.0. The minimum atomic E-state index is -3.37. The third kappa shape index (κ3) is 4.07. The molecule has 5 rings (SSSR count). The lowest BCUT2D eigenvalue weighted by Crippen LogP contribution is -2.45. The summed E-state index contributed by atoms with van der Waals surface area (Å²) in [5.41, 5.74) is -0.105. The summed E-state index contributed by atoms with van der Waals surface area (Å²) in [6.07, 6.45) is -0.949. The molecule has 0 bridgehead atoms. The average molecular weight is 544 g/mol. The number of hydrogen-bond acceptors (Lipinski definition) is 7. The Morgan fingerprint density at radius 1 is 1.21 bits per heavy atom. The van der Waals surface area contributed by atoms with E-state index < -0.39 is 48.5 Å². The molecule has 2 aromatic carbocycles. The molecule has 1 N–H and O–H groups in total. The molecule has 0 saturated carbocycles. The SMILES string of the molecule is C[C@H]1[C@H]([Si](C)(C)F)[C@@H](CCO)O[C@]12C(=O)N(Cc1ccc(N3CCOC3=O)cc1)c1ccc([N+](=O)[O-])cc12. The maximum Gasteiger partial charge on any atom is 0.414 e. The number of fused-ring (bicyclic) bond motifs is 2. The van der Waals surface area contributed by atoms with Crippen molar-refractivity contribution in [3.8, 4) is 0 Å². The Morgan fingerprint density at radius 2 is 1.92 bits per heavy atom. The van der Waals surface area contributed by atoms with Crippen molar-refractivity contribution < 1.29 is 33.2 Å². The molecule has 0 radical (unpaired) electrons. The van der Waals surface area contributed by atoms with E-state index in [0.717, 1.165) is 5.56 Å². The maximum atomic E-state index is 15.6. The van der Waals surface area contributed by atoms with Crippen LogP contribution in [0, 0.1) is 16.0 Å². The van der Waals surface area contributed by atoms with Gasteiger partial charge < -0.3 is 23.6 Å². The summed E-state index contributed by atoms with van der Waals surface area (Å²) in [5, 5.41) is 21.3. The van der Waals surface area contributed by atoms with Gasteiger partial charge in [-0.15, -0.1) is 0 Å². The number of rotatable bonds is 7. The fourth-order valence-electron chi connectivity index (χ4n) is 6.29. The van der Waals surface area contributed by atoms with E-state index >= 15 is 4.11 Å². The van der Waals surface area contributed by atoms with E-state index in [1.165, 1.54) is 28.0 Å². The number of nitrogens with zero attached hydrogens (tertiary/aromatic N) is 3. The summed E-state index contributed by atoms with van der Waals surface area (Å²) in [6, 6.07) is 11.4. The minimum absolute atomic E-state index is 0.151. The summed E-state index contributed by atoms with van der Waals surface area (Å²) in [6.45, 7) is 5.58. The van der Waals surface area contributed by atoms with Gasteiger partial charge in [0.05, 0.1) is 29.8 Å². The van der Waals surface area contributed by atoms with Crippen LogP contribution < -0.4 is 9.80 Å². The monoisotopic (exact) mass is 543 g/mol. The molecule has 4 atom stereocenters. The van der Waals surface area contributed by atoms with Gasteiger partial charge in [0.25, 0.3) is 11.6 Å². The van der Waals surface area contributed by atoms with Crippen molar-refractivity contribution in [3.63, 3.8) is 0 Å². The molecule has 1 spiro atoms. The van der Waals surface area contributed by atoms with E-state index in [1.807, 2.05) is 0 Å². The average Bonchev–Trinajstić information content (AvgIpc) is 3.49. The van der Waals surface area contributed by atoms with Crippen LogP contribution in [0.4, 0.5) is 26.0 Å². The van der Waals surface area contributed by atoms with Crippen LogP contribution in [0.5, 0.6) is 0 Å². The molecule has 12 heteroatoms. The smallest absolute Gasteiger partial charge is 0.414 e. The van der Waals surface area contributed by atoms with Crippen molar-refractivity contribution in [1.29, 1.82) is 0 Å². The summed E-state index contributed by atoms with van der Waals surface area (Å²) in [5.74, 6) is -1.01. The fourth-order valence-corrected chi connectivity index (χ4v) is 8.84. The second-order valence-electron chi connectivity index (χ2n) is 10.6. The third-order valence-corrected chi connectivity index (χ3v) is 10.4. The topological polar surface area (TPSA) is 122 Å². The number of hydrogen-bond donors (Lipinski definition) is 1. The van der Waals surface area contributed by atoms with Crippen molar-refractivity contribution in [1.82, 2.24) is 0 Å². The molecule has 2 aromatic rings. The van der Waals surface area contributed by atoms with Crippen molar-refractivity contribution in [3.05, 3.63) is 63.7 Å². The highest BCUT2D eigenvalue weighted by atomic mass is 28.4. The lowest BCUT2D eigenvalue weighted by Gasteiger charge is -2.31. The predicted molar refractivity (Wildman–Crippen MR) is 139 cm³/mol. The third-order valence-electron chi connectivity index (χ3n) is 7.92. The van der Waals surface area contributed by atoms with Gasteiger partial charge >= 0.3 is 6.09 Å². The molecule has 2 fully saturated rings. The Morgan fingerprint density at radius 3 is 2.50 bits per heavy atom. The van der Waals surface area contributed by atoms with E-state index in [-0.39, 0.29) is 25.3 Å². The van der Waals surface area contributed by atoms with Crippen molar-refractivity contribution in [2.45, 2.75) is 50.2 Å². The van der Waals surface area contributed by atoms with E-state index in [9.17, 15) is 24.8 Å². The molecule has 2 amide bonds. The molecule has 202 valence electrons. The standard InChI is InChI=1S/C26H30FN3O7Si/c1-16-23(38(2,3)27)22(10-12-31)37-26(16)20-14-19(30(34)35)8-9-21(20)29(24(26)32)15-17-4-6-18(7-5-17)28-11-13-36-25(28)33/h4-9,14,16,22-23,31H,10-13,15H2,1-3H3/t16-,22+,23-,26+/m0/s1. The number of aliphatic hydroxyl groups excluding tert-OH is 1. The molecule has 2 saturated heterocycles. The number of carbonyl (C=O) groups excluding carboxylic acids is 2. The Hall–Kier alpha value is -3.35. The molecular weight excluding hydrogens is 513 g/mol. The van der Waals surface area contributed by atoms with Gasteiger partial charge in [-0.1, -0.05) is 19.1 Å². The Balaban J connectivity index is 1.54. The van der Waals surface area contributed by atoms with Crippen LogP contribution in [-0.2, 0) is 26.4 Å². The lowest BCUT2D eigenvalue weighted by molar-refractivity contribution is -0.385. The number of nitro benzene ring substituents is 1. The first-order valence-corrected chi connectivity index (χ1v) is 15.6. The summed E-state index contributed by atoms with van der Waals surface area (Å²) in [7, 11) is -3.37. The van der Waals surface area contributed by atoms with Gasteiger partial charge in [0.2, 0.25) is 8.41 Å². The lowest BCUT2D eigenvalue weighted by atomic mass is 9.82. The number of nitro groups is 1. The first kappa shape index (κ1) is 26.3. The van der Waals surface area contributed by atoms with Gasteiger partial charge in [-0.25, -0.2) is 4.79 Å². The highest BCUT2D eigenvalue weighted by molar-refractivity contribution is 6.72. The van der Waals surface area contributed by atoms with Crippen LogP contribution >= 0.6 is 0 Å². The quantitative estimate of drug-likeness (QED) is 0.240. The van der Waals surface area contributed by atoms with E-state index in [0.29, 0.717) is 30.1 Å². The predicted octanol–water partition coefficient (Wildman–Crippen LogP) is 4.26. The minimum Gasteiger partial charge on any atom is -0.447 e. The van der Waals surface area contributed by atoms with E-state index in [2.05, 4.69) is 0 Å². The van der Waals surface area contributed by atoms with Crippen LogP contribution in [0.25, 0.3) is 0 Å². The largest absolute Gasteiger partial charge is 0.447 e. The van der Waals surface area contributed by atoms with Gasteiger partial charge in [0, 0.05) is 41.4 Å². The number of halogens is 1. The Bertz CT molecular complexity index is 1280. The molecule has 0 aliphatic carbocycles. The van der Waals surface area contributed by atoms with Gasteiger partial charge in [0.1, 0.15) is 6.61 Å². The molecule has 38 heavy (non-hydrogen) atoms. The van der Waals surface area contributed by atoms with Gasteiger partial charge in [-0.3, -0.25) is 19.8 Å². The zero-order valence-corrected chi connectivity index (χ0v) is 22.4. The van der Waals surface area contributed by atoms with Crippen LogP contribution in [-0.4, -0.2) is 56.3 Å². The normalized spacial score (nSPS) is 26.8.